The summed E-state index contributed by atoms with van der Waals surface area (Å²) in [5.74, 6) is 1.65. The molecule has 2 aromatic carbocycles. The second kappa shape index (κ2) is 12.5. The summed E-state index contributed by atoms with van der Waals surface area (Å²) in [7, 11) is 4.78. The van der Waals surface area contributed by atoms with Crippen LogP contribution in [0.15, 0.2) is 36.4 Å². The van der Waals surface area contributed by atoms with Crippen molar-refractivity contribution >= 4 is 29.3 Å². The standard InChI is InChI=1S/C24H30FN3O5S/c1-31-20-9-4-17(23(32-2)24(20)33-3)14-27-10-12-28(13-11-27)22(30)16-34-15-21(29)26-19-7-5-18(25)6-8-19/h4-9H,10-16H2,1-3H3,(H,26,29). The van der Waals surface area contributed by atoms with Crippen LogP contribution in [0.4, 0.5) is 10.1 Å². The number of hydrogen-bond donors (Lipinski definition) is 1. The summed E-state index contributed by atoms with van der Waals surface area (Å²) in [6, 6.07) is 9.39. The van der Waals surface area contributed by atoms with Gasteiger partial charge in [0.05, 0.1) is 32.8 Å². The van der Waals surface area contributed by atoms with Gasteiger partial charge in [-0.15, -0.1) is 11.8 Å². The minimum absolute atomic E-state index is 0.0166. The molecule has 0 aromatic heterocycles. The van der Waals surface area contributed by atoms with Gasteiger partial charge in [-0.3, -0.25) is 14.5 Å². The first-order valence-corrected chi connectivity index (χ1v) is 12.0. The molecule has 1 saturated heterocycles. The molecule has 0 aliphatic carbocycles. The Bertz CT molecular complexity index is 981. The molecule has 1 fully saturated rings. The smallest absolute Gasteiger partial charge is 0.234 e. The first kappa shape index (κ1) is 25.6. The number of nitrogens with one attached hydrogen (secondary N) is 1. The van der Waals surface area contributed by atoms with Crippen LogP contribution in [0.25, 0.3) is 0 Å². The predicted octanol–water partition coefficient (Wildman–Crippen LogP) is 2.87. The fraction of sp³-hybridized carbons (Fsp3) is 0.417. The zero-order valence-electron chi connectivity index (χ0n) is 19.6. The second-order valence-corrected chi connectivity index (χ2v) is 8.68. The zero-order valence-corrected chi connectivity index (χ0v) is 20.5. The lowest BCUT2D eigenvalue weighted by atomic mass is 10.1. The third kappa shape index (κ3) is 6.77. The Balaban J connectivity index is 1.42. The monoisotopic (exact) mass is 491 g/mol. The Hall–Kier alpha value is -2.98. The van der Waals surface area contributed by atoms with E-state index in [1.54, 1.807) is 21.3 Å². The van der Waals surface area contributed by atoms with E-state index in [0.717, 1.165) is 18.7 Å². The summed E-state index contributed by atoms with van der Waals surface area (Å²) in [6.45, 7) is 3.38. The molecule has 1 N–H and O–H groups in total. The number of methoxy groups -OCH3 is 3. The van der Waals surface area contributed by atoms with E-state index in [1.807, 2.05) is 17.0 Å². The quantitative estimate of drug-likeness (QED) is 0.548. The molecule has 34 heavy (non-hydrogen) atoms. The van der Waals surface area contributed by atoms with Gasteiger partial charge in [0, 0.05) is 44.0 Å². The maximum absolute atomic E-state index is 12.9. The molecular weight excluding hydrogens is 461 g/mol. The molecule has 3 rings (SSSR count). The van der Waals surface area contributed by atoms with Crippen molar-refractivity contribution in [3.63, 3.8) is 0 Å². The topological polar surface area (TPSA) is 80.3 Å². The van der Waals surface area contributed by atoms with Gasteiger partial charge in [-0.05, 0) is 30.3 Å². The van der Waals surface area contributed by atoms with Crippen molar-refractivity contribution in [3.05, 3.63) is 47.8 Å². The van der Waals surface area contributed by atoms with Crippen LogP contribution < -0.4 is 19.5 Å². The Labute approximate surface area is 203 Å². The molecule has 1 heterocycles. The Morgan fingerprint density at radius 3 is 2.21 bits per heavy atom. The molecule has 8 nitrogen and oxygen atoms in total. The molecule has 0 radical (unpaired) electrons. The highest BCUT2D eigenvalue weighted by atomic mass is 32.2. The average molecular weight is 492 g/mol. The minimum Gasteiger partial charge on any atom is -0.493 e. The van der Waals surface area contributed by atoms with Gasteiger partial charge in [-0.25, -0.2) is 4.39 Å². The van der Waals surface area contributed by atoms with E-state index in [2.05, 4.69) is 10.2 Å². The molecule has 10 heteroatoms. The van der Waals surface area contributed by atoms with Gasteiger partial charge in [0.2, 0.25) is 17.6 Å². The van der Waals surface area contributed by atoms with Crippen molar-refractivity contribution in [1.29, 1.82) is 0 Å². The molecule has 2 amide bonds. The highest BCUT2D eigenvalue weighted by Gasteiger charge is 2.23. The molecule has 184 valence electrons. The number of rotatable bonds is 10. The van der Waals surface area contributed by atoms with Gasteiger partial charge in [0.1, 0.15) is 5.82 Å². The summed E-state index contributed by atoms with van der Waals surface area (Å²) in [5.41, 5.74) is 1.52. The molecule has 1 aliphatic rings. The van der Waals surface area contributed by atoms with Gasteiger partial charge >= 0.3 is 0 Å². The predicted molar refractivity (Wildman–Crippen MR) is 130 cm³/mol. The highest BCUT2D eigenvalue weighted by molar-refractivity contribution is 8.00. The summed E-state index contributed by atoms with van der Waals surface area (Å²) in [6.07, 6.45) is 0. The minimum atomic E-state index is -0.360. The summed E-state index contributed by atoms with van der Waals surface area (Å²) in [4.78, 5) is 28.7. The lowest BCUT2D eigenvalue weighted by molar-refractivity contribution is -0.130. The van der Waals surface area contributed by atoms with Crippen molar-refractivity contribution in [2.24, 2.45) is 0 Å². The van der Waals surface area contributed by atoms with Crippen molar-refractivity contribution in [3.8, 4) is 17.2 Å². The fourth-order valence-electron chi connectivity index (χ4n) is 3.74. The van der Waals surface area contributed by atoms with E-state index in [1.165, 1.54) is 36.0 Å². The van der Waals surface area contributed by atoms with Crippen molar-refractivity contribution in [2.75, 3.05) is 64.3 Å². The Kier molecular flexibility index (Phi) is 9.41. The van der Waals surface area contributed by atoms with Crippen LogP contribution in [0.3, 0.4) is 0 Å². The maximum Gasteiger partial charge on any atom is 0.234 e. The van der Waals surface area contributed by atoms with Gasteiger partial charge < -0.3 is 24.4 Å². The molecule has 0 atom stereocenters. The van der Waals surface area contributed by atoms with Crippen LogP contribution in [0.2, 0.25) is 0 Å². The van der Waals surface area contributed by atoms with Crippen LogP contribution in [-0.4, -0.2) is 80.6 Å². The van der Waals surface area contributed by atoms with Gasteiger partial charge in [-0.2, -0.15) is 0 Å². The molecule has 0 bridgehead atoms. The Morgan fingerprint density at radius 1 is 0.912 bits per heavy atom. The van der Waals surface area contributed by atoms with Crippen LogP contribution >= 0.6 is 11.8 Å². The number of carbonyl (C=O) groups excluding carboxylic acids is 2. The normalized spacial score (nSPS) is 13.9. The number of carbonyl (C=O) groups is 2. The van der Waals surface area contributed by atoms with Crippen molar-refractivity contribution < 1.29 is 28.2 Å². The number of nitrogens with zero attached hydrogens (tertiary/aromatic N) is 2. The number of ether oxygens (including phenoxy) is 3. The molecule has 0 spiro atoms. The largest absolute Gasteiger partial charge is 0.493 e. The fourth-order valence-corrected chi connectivity index (χ4v) is 4.45. The molecule has 0 saturated carbocycles. The number of hydrogen-bond acceptors (Lipinski definition) is 7. The van der Waals surface area contributed by atoms with E-state index in [4.69, 9.17) is 14.2 Å². The van der Waals surface area contributed by atoms with Gasteiger partial charge in [-0.1, -0.05) is 6.07 Å². The first-order chi connectivity index (χ1) is 16.4. The van der Waals surface area contributed by atoms with E-state index < -0.39 is 0 Å². The number of amides is 2. The summed E-state index contributed by atoms with van der Waals surface area (Å²) >= 11 is 1.27. The van der Waals surface area contributed by atoms with Crippen molar-refractivity contribution in [1.82, 2.24) is 9.80 Å². The Morgan fingerprint density at radius 2 is 1.59 bits per heavy atom. The number of benzene rings is 2. The van der Waals surface area contributed by atoms with E-state index in [-0.39, 0.29) is 29.1 Å². The van der Waals surface area contributed by atoms with Crippen LogP contribution in [0.1, 0.15) is 5.56 Å². The number of thioether (sulfide) groups is 1. The van der Waals surface area contributed by atoms with E-state index in [9.17, 15) is 14.0 Å². The molecule has 2 aromatic rings. The van der Waals surface area contributed by atoms with Crippen LogP contribution in [0.5, 0.6) is 17.2 Å². The SMILES string of the molecule is COc1ccc(CN2CCN(C(=O)CSCC(=O)Nc3ccc(F)cc3)CC2)c(OC)c1OC. The molecule has 0 unspecified atom stereocenters. The van der Waals surface area contributed by atoms with E-state index in [0.29, 0.717) is 42.6 Å². The van der Waals surface area contributed by atoms with Crippen LogP contribution in [-0.2, 0) is 16.1 Å². The average Bonchev–Trinajstić information content (AvgIpc) is 2.85. The maximum atomic E-state index is 12.9. The summed E-state index contributed by atoms with van der Waals surface area (Å²) in [5, 5.41) is 2.69. The van der Waals surface area contributed by atoms with Gasteiger partial charge in [0.25, 0.3) is 0 Å². The zero-order chi connectivity index (χ0) is 24.5. The lowest BCUT2D eigenvalue weighted by Crippen LogP contribution is -2.48. The third-order valence-corrected chi connectivity index (χ3v) is 6.41. The number of anilines is 1. The number of piperazine rings is 1. The summed E-state index contributed by atoms with van der Waals surface area (Å²) < 4.78 is 29.3. The van der Waals surface area contributed by atoms with Crippen molar-refractivity contribution in [2.45, 2.75) is 6.54 Å². The van der Waals surface area contributed by atoms with Crippen LogP contribution in [0, 0.1) is 5.82 Å². The molecule has 1 aliphatic heterocycles. The van der Waals surface area contributed by atoms with E-state index >= 15 is 0 Å². The number of halogens is 1. The third-order valence-electron chi connectivity index (χ3n) is 5.49. The first-order valence-electron chi connectivity index (χ1n) is 10.9. The van der Waals surface area contributed by atoms with Gasteiger partial charge in [0.15, 0.2) is 11.5 Å². The molecular formula is C24H30FN3O5S. The second-order valence-electron chi connectivity index (χ2n) is 7.70. The lowest BCUT2D eigenvalue weighted by Gasteiger charge is -2.35. The highest BCUT2D eigenvalue weighted by Crippen LogP contribution is 2.40.